The second kappa shape index (κ2) is 8.96. The van der Waals surface area contributed by atoms with Crippen molar-refractivity contribution in [3.05, 3.63) is 76.2 Å². The maximum Gasteiger partial charge on any atom is 0.410 e. The number of aromatic nitrogens is 2. The maximum atomic E-state index is 12.5. The summed E-state index contributed by atoms with van der Waals surface area (Å²) in [4.78, 5) is 24.4. The Morgan fingerprint density at radius 3 is 2.62 bits per heavy atom. The molecule has 0 radical (unpaired) electrons. The summed E-state index contributed by atoms with van der Waals surface area (Å²) in [6.07, 6.45) is -0.501. The summed E-state index contributed by atoms with van der Waals surface area (Å²) in [5.74, 6) is 0.349. The predicted octanol–water partition coefficient (Wildman–Crippen LogP) is 4.19. The number of ether oxygens (including phenoxy) is 1. The Kier molecular flexibility index (Phi) is 6.18. The van der Waals surface area contributed by atoms with E-state index < -0.39 is 11.0 Å². The number of nitrogens with zero attached hydrogens (tertiary/aromatic N) is 4. The van der Waals surface area contributed by atoms with Gasteiger partial charge in [-0.3, -0.25) is 15.0 Å². The van der Waals surface area contributed by atoms with Crippen molar-refractivity contribution in [2.75, 3.05) is 0 Å². The molecular formula is C20H20N4O5. The summed E-state index contributed by atoms with van der Waals surface area (Å²) >= 11 is 0. The van der Waals surface area contributed by atoms with Gasteiger partial charge in [-0.25, -0.2) is 4.79 Å². The van der Waals surface area contributed by atoms with Gasteiger partial charge in [-0.15, -0.1) is 10.2 Å². The number of nitro benzene ring substituents is 1. The van der Waals surface area contributed by atoms with Crippen LogP contribution in [0.15, 0.2) is 59.0 Å². The molecule has 9 nitrogen and oxygen atoms in total. The molecule has 0 spiro atoms. The summed E-state index contributed by atoms with van der Waals surface area (Å²) in [5, 5.41) is 18.8. The molecule has 0 atom stereocenters. The third-order valence-electron chi connectivity index (χ3n) is 4.14. The SMILES string of the molecule is CC(C)N(Cc1nnc(-c2cccc([N+](=O)[O-])c2)o1)C(=O)OCc1ccccc1. The van der Waals surface area contributed by atoms with E-state index in [1.807, 2.05) is 44.2 Å². The number of nitro groups is 1. The standard InChI is InChI=1S/C20H20N4O5/c1-14(2)23(20(25)28-13-15-7-4-3-5-8-15)12-18-21-22-19(29-18)16-9-6-10-17(11-16)24(26)27/h3-11,14H,12-13H2,1-2H3. The minimum atomic E-state index is -0.501. The molecule has 150 valence electrons. The topological polar surface area (TPSA) is 112 Å². The van der Waals surface area contributed by atoms with Gasteiger partial charge < -0.3 is 9.15 Å². The van der Waals surface area contributed by atoms with Crippen LogP contribution in [0.4, 0.5) is 10.5 Å². The van der Waals surface area contributed by atoms with E-state index in [4.69, 9.17) is 9.15 Å². The molecule has 2 aromatic carbocycles. The largest absolute Gasteiger partial charge is 0.445 e. The summed E-state index contributed by atoms with van der Waals surface area (Å²) in [6, 6.07) is 15.1. The first-order valence-electron chi connectivity index (χ1n) is 8.98. The van der Waals surface area contributed by atoms with Crippen molar-refractivity contribution in [2.24, 2.45) is 0 Å². The highest BCUT2D eigenvalue weighted by molar-refractivity contribution is 5.68. The van der Waals surface area contributed by atoms with Crippen molar-refractivity contribution in [3.63, 3.8) is 0 Å². The molecule has 0 bridgehead atoms. The average molecular weight is 396 g/mol. The quantitative estimate of drug-likeness (QED) is 0.435. The molecule has 1 aromatic heterocycles. The van der Waals surface area contributed by atoms with Crippen LogP contribution in [0.2, 0.25) is 0 Å². The van der Waals surface area contributed by atoms with E-state index in [-0.39, 0.29) is 36.7 Å². The van der Waals surface area contributed by atoms with E-state index in [2.05, 4.69) is 10.2 Å². The van der Waals surface area contributed by atoms with E-state index in [9.17, 15) is 14.9 Å². The first kappa shape index (κ1) is 20.0. The number of non-ortho nitro benzene ring substituents is 1. The third-order valence-corrected chi connectivity index (χ3v) is 4.14. The summed E-state index contributed by atoms with van der Waals surface area (Å²) in [7, 11) is 0. The monoisotopic (exact) mass is 396 g/mol. The van der Waals surface area contributed by atoms with E-state index >= 15 is 0 Å². The van der Waals surface area contributed by atoms with Crippen LogP contribution in [0.1, 0.15) is 25.3 Å². The molecule has 0 aliphatic heterocycles. The van der Waals surface area contributed by atoms with Crippen molar-refractivity contribution < 1.29 is 18.9 Å². The first-order valence-corrected chi connectivity index (χ1v) is 8.98. The van der Waals surface area contributed by atoms with Gasteiger partial charge >= 0.3 is 6.09 Å². The molecule has 0 fully saturated rings. The lowest BCUT2D eigenvalue weighted by atomic mass is 10.2. The molecule has 3 aromatic rings. The Hall–Kier alpha value is -3.75. The number of carbonyl (C=O) groups excluding carboxylic acids is 1. The van der Waals surface area contributed by atoms with Gasteiger partial charge in [-0.1, -0.05) is 36.4 Å². The Bertz CT molecular complexity index is 987. The second-order valence-electron chi connectivity index (χ2n) is 6.57. The number of hydrogen-bond acceptors (Lipinski definition) is 7. The fraction of sp³-hybridized carbons (Fsp3) is 0.250. The van der Waals surface area contributed by atoms with Crippen molar-refractivity contribution in [1.82, 2.24) is 15.1 Å². The molecule has 0 saturated carbocycles. The lowest BCUT2D eigenvalue weighted by Crippen LogP contribution is -2.36. The molecule has 9 heteroatoms. The number of carbonyl (C=O) groups is 1. The van der Waals surface area contributed by atoms with Gasteiger partial charge in [0.25, 0.3) is 5.69 Å². The molecule has 0 N–H and O–H groups in total. The van der Waals surface area contributed by atoms with Gasteiger partial charge in [0.2, 0.25) is 11.8 Å². The molecule has 1 heterocycles. The van der Waals surface area contributed by atoms with E-state index in [1.54, 1.807) is 12.1 Å². The zero-order chi connectivity index (χ0) is 20.8. The second-order valence-corrected chi connectivity index (χ2v) is 6.57. The van der Waals surface area contributed by atoms with Crippen LogP contribution in [0, 0.1) is 10.1 Å². The van der Waals surface area contributed by atoms with Crippen LogP contribution >= 0.6 is 0 Å². The fourth-order valence-corrected chi connectivity index (χ4v) is 2.59. The Morgan fingerprint density at radius 2 is 1.93 bits per heavy atom. The fourth-order valence-electron chi connectivity index (χ4n) is 2.59. The van der Waals surface area contributed by atoms with Gasteiger partial charge in [0.05, 0.1) is 4.92 Å². The van der Waals surface area contributed by atoms with Crippen molar-refractivity contribution in [3.8, 4) is 11.5 Å². The third kappa shape index (κ3) is 5.16. The molecule has 0 saturated heterocycles. The van der Waals surface area contributed by atoms with Crippen molar-refractivity contribution in [1.29, 1.82) is 0 Å². The summed E-state index contributed by atoms with van der Waals surface area (Å²) in [5.41, 5.74) is 1.24. The molecular weight excluding hydrogens is 376 g/mol. The number of rotatable bonds is 7. The van der Waals surface area contributed by atoms with Crippen LogP contribution in [0.5, 0.6) is 0 Å². The molecule has 0 aliphatic carbocycles. The highest BCUT2D eigenvalue weighted by atomic mass is 16.6. The zero-order valence-corrected chi connectivity index (χ0v) is 16.0. The van der Waals surface area contributed by atoms with Crippen LogP contribution in [0.25, 0.3) is 11.5 Å². The minimum absolute atomic E-state index is 0.0627. The minimum Gasteiger partial charge on any atom is -0.445 e. The van der Waals surface area contributed by atoms with Gasteiger partial charge in [0.15, 0.2) is 0 Å². The molecule has 3 rings (SSSR count). The highest BCUT2D eigenvalue weighted by Crippen LogP contribution is 2.23. The predicted molar refractivity (Wildman–Crippen MR) is 104 cm³/mol. The Morgan fingerprint density at radius 1 is 1.17 bits per heavy atom. The van der Waals surface area contributed by atoms with Crippen molar-refractivity contribution in [2.45, 2.75) is 33.0 Å². The molecule has 29 heavy (non-hydrogen) atoms. The van der Waals surface area contributed by atoms with E-state index in [1.165, 1.54) is 17.0 Å². The van der Waals surface area contributed by atoms with Crippen LogP contribution in [-0.4, -0.2) is 32.2 Å². The van der Waals surface area contributed by atoms with Gasteiger partial charge in [0.1, 0.15) is 13.2 Å². The Balaban J connectivity index is 1.69. The van der Waals surface area contributed by atoms with Crippen molar-refractivity contribution >= 4 is 11.8 Å². The average Bonchev–Trinajstić information content (AvgIpc) is 3.19. The molecule has 0 unspecified atom stereocenters. The highest BCUT2D eigenvalue weighted by Gasteiger charge is 2.22. The number of hydrogen-bond donors (Lipinski definition) is 0. The Labute approximate surface area is 167 Å². The number of amides is 1. The lowest BCUT2D eigenvalue weighted by molar-refractivity contribution is -0.384. The zero-order valence-electron chi connectivity index (χ0n) is 16.0. The maximum absolute atomic E-state index is 12.5. The summed E-state index contributed by atoms with van der Waals surface area (Å²) in [6.45, 7) is 3.92. The number of benzene rings is 2. The smallest absolute Gasteiger partial charge is 0.410 e. The van der Waals surface area contributed by atoms with Gasteiger partial charge in [0, 0.05) is 23.7 Å². The van der Waals surface area contributed by atoms with Crippen LogP contribution in [-0.2, 0) is 17.9 Å². The van der Waals surface area contributed by atoms with Gasteiger partial charge in [-0.2, -0.15) is 0 Å². The van der Waals surface area contributed by atoms with Gasteiger partial charge in [-0.05, 0) is 25.5 Å². The molecule has 1 amide bonds. The normalized spacial score (nSPS) is 10.7. The van der Waals surface area contributed by atoms with E-state index in [0.29, 0.717) is 5.56 Å². The van der Waals surface area contributed by atoms with Crippen LogP contribution in [0.3, 0.4) is 0 Å². The van der Waals surface area contributed by atoms with Crippen LogP contribution < -0.4 is 0 Å². The van der Waals surface area contributed by atoms with E-state index in [0.717, 1.165) is 5.56 Å². The lowest BCUT2D eigenvalue weighted by Gasteiger charge is -2.24. The summed E-state index contributed by atoms with van der Waals surface area (Å²) < 4.78 is 11.0. The molecule has 0 aliphatic rings. The first-order chi connectivity index (χ1) is 13.9.